The molecule has 2 aromatic rings. The minimum absolute atomic E-state index is 0.111. The van der Waals surface area contributed by atoms with Crippen molar-refractivity contribution in [1.29, 1.82) is 0 Å². The Labute approximate surface area is 132 Å². The minimum atomic E-state index is -0.111. The fourth-order valence-electron chi connectivity index (χ4n) is 2.13. The van der Waals surface area contributed by atoms with E-state index >= 15 is 0 Å². The summed E-state index contributed by atoms with van der Waals surface area (Å²) in [6.07, 6.45) is 4.66. The zero-order valence-electron chi connectivity index (χ0n) is 13.0. The van der Waals surface area contributed by atoms with Gasteiger partial charge in [-0.15, -0.1) is 0 Å². The maximum Gasteiger partial charge on any atom is 0.269 e. The van der Waals surface area contributed by atoms with Crippen LogP contribution < -0.4 is 10.6 Å². The number of amides is 1. The summed E-state index contributed by atoms with van der Waals surface area (Å²) in [6.45, 7) is 3.62. The predicted octanol–water partition coefficient (Wildman–Crippen LogP) is 3.27. The van der Waals surface area contributed by atoms with Crippen molar-refractivity contribution in [2.24, 2.45) is 0 Å². The molecule has 0 fully saturated rings. The SMILES string of the molecule is CCCCNC(=O)c1cc(NCCc2ccccc2)ccn1. The van der Waals surface area contributed by atoms with Gasteiger partial charge in [-0.3, -0.25) is 9.78 Å². The Morgan fingerprint density at radius 2 is 1.95 bits per heavy atom. The first-order valence-electron chi connectivity index (χ1n) is 7.81. The Kier molecular flexibility index (Phi) is 6.42. The Morgan fingerprint density at radius 1 is 1.14 bits per heavy atom. The average Bonchev–Trinajstić information content (AvgIpc) is 2.56. The molecule has 4 heteroatoms. The molecule has 1 aromatic carbocycles. The van der Waals surface area contributed by atoms with Crippen molar-refractivity contribution in [1.82, 2.24) is 10.3 Å². The number of benzene rings is 1. The number of carbonyl (C=O) groups excluding carboxylic acids is 1. The number of unbranched alkanes of at least 4 members (excludes halogenated alkanes) is 1. The van der Waals surface area contributed by atoms with Crippen molar-refractivity contribution in [3.05, 3.63) is 59.9 Å². The van der Waals surface area contributed by atoms with E-state index in [2.05, 4.69) is 34.7 Å². The highest BCUT2D eigenvalue weighted by molar-refractivity contribution is 5.93. The Bertz CT molecular complexity index is 584. The highest BCUT2D eigenvalue weighted by Crippen LogP contribution is 2.09. The van der Waals surface area contributed by atoms with Gasteiger partial charge in [-0.05, 0) is 30.5 Å². The van der Waals surface area contributed by atoms with Gasteiger partial charge < -0.3 is 10.6 Å². The summed E-state index contributed by atoms with van der Waals surface area (Å²) < 4.78 is 0. The Balaban J connectivity index is 1.84. The number of rotatable bonds is 8. The maximum atomic E-state index is 12.0. The monoisotopic (exact) mass is 297 g/mol. The van der Waals surface area contributed by atoms with Crippen molar-refractivity contribution in [2.45, 2.75) is 26.2 Å². The van der Waals surface area contributed by atoms with Gasteiger partial charge in [0.25, 0.3) is 5.91 Å². The molecule has 116 valence electrons. The molecule has 2 rings (SSSR count). The number of pyridine rings is 1. The van der Waals surface area contributed by atoms with Crippen LogP contribution >= 0.6 is 0 Å². The quantitative estimate of drug-likeness (QED) is 0.735. The van der Waals surface area contributed by atoms with Crippen LogP contribution in [0.1, 0.15) is 35.8 Å². The second-order valence-electron chi connectivity index (χ2n) is 5.20. The molecule has 0 saturated heterocycles. The molecule has 0 bridgehead atoms. The van der Waals surface area contributed by atoms with Gasteiger partial charge in [0.05, 0.1) is 0 Å². The van der Waals surface area contributed by atoms with Gasteiger partial charge in [0.2, 0.25) is 0 Å². The second kappa shape index (κ2) is 8.82. The Morgan fingerprint density at radius 3 is 2.73 bits per heavy atom. The molecule has 0 radical (unpaired) electrons. The molecule has 4 nitrogen and oxygen atoms in total. The van der Waals surface area contributed by atoms with Crippen LogP contribution in [0.5, 0.6) is 0 Å². The number of nitrogens with zero attached hydrogens (tertiary/aromatic N) is 1. The minimum Gasteiger partial charge on any atom is -0.385 e. The van der Waals surface area contributed by atoms with E-state index < -0.39 is 0 Å². The van der Waals surface area contributed by atoms with Gasteiger partial charge in [-0.2, -0.15) is 0 Å². The largest absolute Gasteiger partial charge is 0.385 e. The third kappa shape index (κ3) is 5.20. The Hall–Kier alpha value is -2.36. The number of nitrogens with one attached hydrogen (secondary N) is 2. The summed E-state index contributed by atoms with van der Waals surface area (Å²) in [4.78, 5) is 16.1. The highest BCUT2D eigenvalue weighted by atomic mass is 16.1. The molecule has 1 aromatic heterocycles. The van der Waals surface area contributed by atoms with Crippen LogP contribution in [0, 0.1) is 0 Å². The van der Waals surface area contributed by atoms with Crippen LogP contribution in [0.2, 0.25) is 0 Å². The zero-order chi connectivity index (χ0) is 15.6. The average molecular weight is 297 g/mol. The number of carbonyl (C=O) groups is 1. The zero-order valence-corrected chi connectivity index (χ0v) is 13.0. The molecule has 0 saturated carbocycles. The molecule has 1 heterocycles. The van der Waals surface area contributed by atoms with Crippen LogP contribution in [-0.4, -0.2) is 24.0 Å². The molecular formula is C18H23N3O. The van der Waals surface area contributed by atoms with Crippen LogP contribution in [0.25, 0.3) is 0 Å². The topological polar surface area (TPSA) is 54.0 Å². The second-order valence-corrected chi connectivity index (χ2v) is 5.20. The van der Waals surface area contributed by atoms with Crippen LogP contribution in [-0.2, 0) is 6.42 Å². The van der Waals surface area contributed by atoms with E-state index in [9.17, 15) is 4.79 Å². The van der Waals surface area contributed by atoms with Crippen LogP contribution in [0.15, 0.2) is 48.7 Å². The number of hydrogen-bond donors (Lipinski definition) is 2. The number of anilines is 1. The first-order valence-corrected chi connectivity index (χ1v) is 7.81. The van der Waals surface area contributed by atoms with Crippen LogP contribution in [0.4, 0.5) is 5.69 Å². The standard InChI is InChI=1S/C18H23N3O/c1-2-3-11-21-18(22)17-14-16(10-13-20-17)19-12-9-15-7-5-4-6-8-15/h4-8,10,13-14H,2-3,9,11-12H2,1H3,(H,19,20)(H,21,22). The molecular weight excluding hydrogens is 274 g/mol. The van der Waals surface area contributed by atoms with Gasteiger partial charge >= 0.3 is 0 Å². The van der Waals surface area contributed by atoms with Gasteiger partial charge in [-0.1, -0.05) is 43.7 Å². The van der Waals surface area contributed by atoms with Gasteiger partial charge in [0.1, 0.15) is 5.69 Å². The summed E-state index contributed by atoms with van der Waals surface area (Å²) in [5.41, 5.74) is 2.67. The normalized spacial score (nSPS) is 10.2. The van der Waals surface area contributed by atoms with Crippen molar-refractivity contribution in [2.75, 3.05) is 18.4 Å². The summed E-state index contributed by atoms with van der Waals surface area (Å²) >= 11 is 0. The lowest BCUT2D eigenvalue weighted by Crippen LogP contribution is -2.25. The third-order valence-electron chi connectivity index (χ3n) is 3.39. The molecule has 0 spiro atoms. The van der Waals surface area contributed by atoms with Crippen molar-refractivity contribution < 1.29 is 4.79 Å². The lowest BCUT2D eigenvalue weighted by atomic mass is 10.1. The third-order valence-corrected chi connectivity index (χ3v) is 3.39. The predicted molar refractivity (Wildman–Crippen MR) is 90.1 cm³/mol. The molecule has 0 aliphatic heterocycles. The first kappa shape index (κ1) is 16.0. The van der Waals surface area contributed by atoms with Gasteiger partial charge in [0.15, 0.2) is 0 Å². The van der Waals surface area contributed by atoms with Crippen molar-refractivity contribution >= 4 is 11.6 Å². The molecule has 1 amide bonds. The molecule has 0 aliphatic rings. The lowest BCUT2D eigenvalue weighted by Gasteiger charge is -2.08. The van der Waals surface area contributed by atoms with E-state index in [0.717, 1.165) is 31.5 Å². The van der Waals surface area contributed by atoms with E-state index in [1.807, 2.05) is 24.3 Å². The van der Waals surface area contributed by atoms with E-state index in [4.69, 9.17) is 0 Å². The maximum absolute atomic E-state index is 12.0. The summed E-state index contributed by atoms with van der Waals surface area (Å²) in [7, 11) is 0. The van der Waals surface area contributed by atoms with Crippen LogP contribution in [0.3, 0.4) is 0 Å². The van der Waals surface area contributed by atoms with Gasteiger partial charge in [0, 0.05) is 25.0 Å². The van der Waals surface area contributed by atoms with E-state index in [-0.39, 0.29) is 5.91 Å². The number of aromatic nitrogens is 1. The lowest BCUT2D eigenvalue weighted by molar-refractivity contribution is 0.0948. The fraction of sp³-hybridized carbons (Fsp3) is 0.333. The molecule has 0 unspecified atom stereocenters. The number of hydrogen-bond acceptors (Lipinski definition) is 3. The van der Waals surface area contributed by atoms with Crippen molar-refractivity contribution in [3.8, 4) is 0 Å². The summed E-state index contributed by atoms with van der Waals surface area (Å²) in [5, 5.41) is 6.22. The van der Waals surface area contributed by atoms with E-state index in [0.29, 0.717) is 12.2 Å². The van der Waals surface area contributed by atoms with E-state index in [1.165, 1.54) is 5.56 Å². The summed E-state index contributed by atoms with van der Waals surface area (Å²) in [5.74, 6) is -0.111. The molecule has 0 atom stereocenters. The molecule has 0 aliphatic carbocycles. The molecule has 2 N–H and O–H groups in total. The summed E-state index contributed by atoms with van der Waals surface area (Å²) in [6, 6.07) is 14.0. The van der Waals surface area contributed by atoms with Crippen molar-refractivity contribution in [3.63, 3.8) is 0 Å². The molecule has 22 heavy (non-hydrogen) atoms. The first-order chi connectivity index (χ1) is 10.8. The highest BCUT2D eigenvalue weighted by Gasteiger charge is 2.06. The fourth-order valence-corrected chi connectivity index (χ4v) is 2.13. The smallest absolute Gasteiger partial charge is 0.269 e. The van der Waals surface area contributed by atoms with E-state index in [1.54, 1.807) is 12.3 Å². The van der Waals surface area contributed by atoms with Gasteiger partial charge in [-0.25, -0.2) is 0 Å².